The van der Waals surface area contributed by atoms with Gasteiger partial charge >= 0.3 is 12.1 Å². The molecule has 0 saturated carbocycles. The number of methoxy groups -OCH3 is 1. The van der Waals surface area contributed by atoms with E-state index in [-0.39, 0.29) is 5.56 Å². The van der Waals surface area contributed by atoms with Gasteiger partial charge in [0.25, 0.3) is 5.91 Å². The van der Waals surface area contributed by atoms with E-state index in [1.54, 1.807) is 24.3 Å². The van der Waals surface area contributed by atoms with E-state index >= 15 is 0 Å². The summed E-state index contributed by atoms with van der Waals surface area (Å²) in [7, 11) is 1.48. The van der Waals surface area contributed by atoms with E-state index in [0.29, 0.717) is 11.4 Å². The average molecular weight is 367 g/mol. The number of hydrogen-bond acceptors (Lipinski definition) is 4. The van der Waals surface area contributed by atoms with Crippen LogP contribution < -0.4 is 10.1 Å². The van der Waals surface area contributed by atoms with Crippen LogP contribution in [-0.2, 0) is 15.7 Å². The van der Waals surface area contributed by atoms with Crippen LogP contribution >= 0.6 is 0 Å². The van der Waals surface area contributed by atoms with Crippen molar-refractivity contribution in [2.24, 2.45) is 0 Å². The summed E-state index contributed by atoms with van der Waals surface area (Å²) in [5.74, 6) is -0.942. The maximum absolute atomic E-state index is 12.5. The summed E-state index contributed by atoms with van der Waals surface area (Å²) in [6, 6.07) is 10.1. The van der Waals surface area contributed by atoms with Crippen molar-refractivity contribution in [1.82, 2.24) is 0 Å². The maximum atomic E-state index is 12.5. The van der Waals surface area contributed by atoms with Crippen LogP contribution in [0.1, 0.15) is 22.8 Å². The SMILES string of the molecule is COc1cccc(NC(=O)[C@@H](C)OC(=O)c2ccc(C(F)(F)F)cc2)c1. The maximum Gasteiger partial charge on any atom is 0.416 e. The minimum Gasteiger partial charge on any atom is -0.497 e. The Bertz CT molecular complexity index is 788. The zero-order chi connectivity index (χ0) is 19.3. The van der Waals surface area contributed by atoms with Crippen LogP contribution in [0.4, 0.5) is 18.9 Å². The molecule has 0 radical (unpaired) electrons. The van der Waals surface area contributed by atoms with Crippen molar-refractivity contribution in [3.63, 3.8) is 0 Å². The van der Waals surface area contributed by atoms with E-state index in [4.69, 9.17) is 9.47 Å². The molecule has 0 aliphatic rings. The van der Waals surface area contributed by atoms with Crippen molar-refractivity contribution >= 4 is 17.6 Å². The quantitative estimate of drug-likeness (QED) is 0.814. The fourth-order valence-electron chi connectivity index (χ4n) is 2.02. The lowest BCUT2D eigenvalue weighted by Gasteiger charge is -2.14. The molecule has 0 aromatic heterocycles. The zero-order valence-corrected chi connectivity index (χ0v) is 14.0. The Morgan fingerprint density at radius 2 is 1.73 bits per heavy atom. The van der Waals surface area contributed by atoms with Gasteiger partial charge in [-0.15, -0.1) is 0 Å². The molecule has 2 aromatic rings. The number of halogens is 3. The summed E-state index contributed by atoms with van der Waals surface area (Å²) in [6.07, 6.45) is -5.64. The highest BCUT2D eigenvalue weighted by molar-refractivity contribution is 5.97. The van der Waals surface area contributed by atoms with Crippen LogP contribution in [0.25, 0.3) is 0 Å². The first-order valence-corrected chi connectivity index (χ1v) is 7.54. The first kappa shape index (κ1) is 19.3. The molecule has 1 N–H and O–H groups in total. The van der Waals surface area contributed by atoms with Crippen molar-refractivity contribution in [2.45, 2.75) is 19.2 Å². The molecule has 0 saturated heterocycles. The Balaban J connectivity index is 1.98. The number of rotatable bonds is 5. The fourth-order valence-corrected chi connectivity index (χ4v) is 2.02. The molecule has 0 fully saturated rings. The first-order chi connectivity index (χ1) is 12.2. The van der Waals surface area contributed by atoms with Gasteiger partial charge in [0.05, 0.1) is 18.2 Å². The Labute approximate surface area is 147 Å². The number of anilines is 1. The third kappa shape index (κ3) is 4.98. The minimum absolute atomic E-state index is 0.0842. The second-order valence-corrected chi connectivity index (χ2v) is 5.34. The summed E-state index contributed by atoms with van der Waals surface area (Å²) < 4.78 is 47.6. The van der Waals surface area contributed by atoms with Gasteiger partial charge in [-0.25, -0.2) is 4.79 Å². The molecule has 2 rings (SSSR count). The predicted octanol–water partition coefficient (Wildman–Crippen LogP) is 3.90. The molecule has 0 bridgehead atoms. The molecule has 138 valence electrons. The topological polar surface area (TPSA) is 64.6 Å². The highest BCUT2D eigenvalue weighted by Crippen LogP contribution is 2.29. The molecule has 0 heterocycles. The molecule has 5 nitrogen and oxygen atoms in total. The number of alkyl halides is 3. The fraction of sp³-hybridized carbons (Fsp3) is 0.222. The van der Waals surface area contributed by atoms with Crippen molar-refractivity contribution in [3.8, 4) is 5.75 Å². The van der Waals surface area contributed by atoms with Crippen LogP contribution in [0.2, 0.25) is 0 Å². The Kier molecular flexibility index (Phi) is 5.86. The predicted molar refractivity (Wildman–Crippen MR) is 87.9 cm³/mol. The molecular formula is C18H16F3NO4. The smallest absolute Gasteiger partial charge is 0.416 e. The number of hydrogen-bond donors (Lipinski definition) is 1. The number of ether oxygens (including phenoxy) is 2. The van der Waals surface area contributed by atoms with Crippen molar-refractivity contribution in [1.29, 1.82) is 0 Å². The highest BCUT2D eigenvalue weighted by atomic mass is 19.4. The van der Waals surface area contributed by atoms with Crippen molar-refractivity contribution in [3.05, 3.63) is 59.7 Å². The first-order valence-electron chi connectivity index (χ1n) is 7.54. The van der Waals surface area contributed by atoms with Crippen LogP contribution in [0.5, 0.6) is 5.75 Å². The zero-order valence-electron chi connectivity index (χ0n) is 14.0. The van der Waals surface area contributed by atoms with Gasteiger partial charge < -0.3 is 14.8 Å². The number of esters is 1. The summed E-state index contributed by atoms with van der Waals surface area (Å²) in [5, 5.41) is 2.56. The van der Waals surface area contributed by atoms with Crippen molar-refractivity contribution in [2.75, 3.05) is 12.4 Å². The van der Waals surface area contributed by atoms with Crippen LogP contribution in [-0.4, -0.2) is 25.1 Å². The molecule has 0 spiro atoms. The van der Waals surface area contributed by atoms with E-state index in [2.05, 4.69) is 5.32 Å². The van der Waals surface area contributed by atoms with Crippen LogP contribution in [0.15, 0.2) is 48.5 Å². The summed E-state index contributed by atoms with van der Waals surface area (Å²) in [4.78, 5) is 24.1. The Morgan fingerprint density at radius 1 is 1.08 bits per heavy atom. The highest BCUT2D eigenvalue weighted by Gasteiger charge is 2.30. The van der Waals surface area contributed by atoms with Gasteiger partial charge in [-0.2, -0.15) is 13.2 Å². The Morgan fingerprint density at radius 3 is 2.31 bits per heavy atom. The van der Waals surface area contributed by atoms with E-state index in [1.807, 2.05) is 0 Å². The van der Waals surface area contributed by atoms with Gasteiger partial charge in [0, 0.05) is 11.8 Å². The number of carbonyl (C=O) groups is 2. The summed E-state index contributed by atoms with van der Waals surface area (Å²) >= 11 is 0. The number of benzene rings is 2. The second kappa shape index (κ2) is 7.90. The molecule has 26 heavy (non-hydrogen) atoms. The molecule has 0 aliphatic carbocycles. The summed E-state index contributed by atoms with van der Waals surface area (Å²) in [6.45, 7) is 1.36. The molecule has 8 heteroatoms. The molecule has 0 aliphatic heterocycles. The minimum atomic E-state index is -4.49. The van der Waals surface area contributed by atoms with E-state index in [1.165, 1.54) is 14.0 Å². The van der Waals surface area contributed by atoms with Gasteiger partial charge in [0.15, 0.2) is 6.10 Å². The third-order valence-electron chi connectivity index (χ3n) is 3.44. The molecule has 1 amide bonds. The van der Waals surface area contributed by atoms with Gasteiger partial charge in [-0.1, -0.05) is 6.07 Å². The van der Waals surface area contributed by atoms with Gasteiger partial charge in [-0.05, 0) is 43.3 Å². The van der Waals surface area contributed by atoms with E-state index in [9.17, 15) is 22.8 Å². The molecule has 1 atom stereocenters. The standard InChI is InChI=1S/C18H16F3NO4/c1-11(16(23)22-14-4-3-5-15(10-14)25-2)26-17(24)12-6-8-13(9-7-12)18(19,20)21/h3-11H,1-2H3,(H,22,23)/t11-/m1/s1. The van der Waals surface area contributed by atoms with E-state index in [0.717, 1.165) is 24.3 Å². The van der Waals surface area contributed by atoms with Gasteiger partial charge in [0.2, 0.25) is 0 Å². The van der Waals surface area contributed by atoms with Crippen LogP contribution in [0.3, 0.4) is 0 Å². The number of nitrogens with one attached hydrogen (secondary N) is 1. The van der Waals surface area contributed by atoms with Gasteiger partial charge in [-0.3, -0.25) is 4.79 Å². The third-order valence-corrected chi connectivity index (χ3v) is 3.44. The monoisotopic (exact) mass is 367 g/mol. The van der Waals surface area contributed by atoms with Crippen molar-refractivity contribution < 1.29 is 32.2 Å². The second-order valence-electron chi connectivity index (χ2n) is 5.34. The van der Waals surface area contributed by atoms with E-state index < -0.39 is 29.7 Å². The lowest BCUT2D eigenvalue weighted by atomic mass is 10.1. The van der Waals surface area contributed by atoms with Gasteiger partial charge in [0.1, 0.15) is 5.75 Å². The molecule has 0 unspecified atom stereocenters. The molecule has 2 aromatic carbocycles. The largest absolute Gasteiger partial charge is 0.497 e. The lowest BCUT2D eigenvalue weighted by molar-refractivity contribution is -0.137. The number of carbonyl (C=O) groups excluding carboxylic acids is 2. The normalized spacial score (nSPS) is 12.2. The molecular weight excluding hydrogens is 351 g/mol. The summed E-state index contributed by atoms with van der Waals surface area (Å²) in [5.41, 5.74) is -0.510. The van der Waals surface area contributed by atoms with Crippen LogP contribution in [0, 0.1) is 0 Å². The average Bonchev–Trinajstić information content (AvgIpc) is 2.61. The lowest BCUT2D eigenvalue weighted by Crippen LogP contribution is -2.30. The number of amides is 1. The Hall–Kier alpha value is -3.03.